The van der Waals surface area contributed by atoms with E-state index in [1.807, 2.05) is 0 Å². The fourth-order valence-electron chi connectivity index (χ4n) is 1.90. The van der Waals surface area contributed by atoms with E-state index in [2.05, 4.69) is 78.8 Å². The zero-order chi connectivity index (χ0) is 11.0. The molecule has 0 N–H and O–H groups in total. The second kappa shape index (κ2) is 4.00. The van der Waals surface area contributed by atoms with Crippen LogP contribution in [0.3, 0.4) is 0 Å². The molecule has 0 spiro atoms. The second-order valence-electron chi connectivity index (χ2n) is 3.96. The Balaban J connectivity index is 2.90. The van der Waals surface area contributed by atoms with Crippen LogP contribution in [-0.4, -0.2) is 14.1 Å². The summed E-state index contributed by atoms with van der Waals surface area (Å²) in [5, 5.41) is 2.72. The third-order valence-electron chi connectivity index (χ3n) is 2.66. The molecule has 0 fully saturated rings. The summed E-state index contributed by atoms with van der Waals surface area (Å²) in [5.41, 5.74) is 2.64. The van der Waals surface area contributed by atoms with Gasteiger partial charge >= 0.3 is 0 Å². The molecule has 1 nitrogen and oxygen atoms in total. The first-order valence-electron chi connectivity index (χ1n) is 4.96. The van der Waals surface area contributed by atoms with Crippen LogP contribution < -0.4 is 4.90 Å². The van der Waals surface area contributed by atoms with Crippen LogP contribution >= 0.6 is 22.6 Å². The van der Waals surface area contributed by atoms with Crippen LogP contribution in [0.4, 0.5) is 5.69 Å². The van der Waals surface area contributed by atoms with Gasteiger partial charge in [0, 0.05) is 28.7 Å². The van der Waals surface area contributed by atoms with Crippen molar-refractivity contribution in [1.82, 2.24) is 0 Å². The number of nitrogens with zero attached hydrogens (tertiary/aromatic N) is 1. The summed E-state index contributed by atoms with van der Waals surface area (Å²) >= 11 is 2.40. The van der Waals surface area contributed by atoms with E-state index in [4.69, 9.17) is 0 Å². The molecule has 2 aromatic carbocycles. The van der Waals surface area contributed by atoms with Gasteiger partial charge in [-0.2, -0.15) is 0 Å². The minimum atomic E-state index is 1.29. The van der Waals surface area contributed by atoms with Crippen molar-refractivity contribution < 1.29 is 0 Å². The summed E-state index contributed by atoms with van der Waals surface area (Å²) in [7, 11) is 4.18. The Morgan fingerprint density at radius 1 is 1.07 bits per heavy atom. The van der Waals surface area contributed by atoms with E-state index in [0.29, 0.717) is 0 Å². The Morgan fingerprint density at radius 3 is 2.47 bits per heavy atom. The molecular weight excluding hydrogens is 297 g/mol. The molecule has 0 aliphatic carbocycles. The minimum Gasteiger partial charge on any atom is -0.377 e. The van der Waals surface area contributed by atoms with Gasteiger partial charge in [-0.15, -0.1) is 0 Å². The van der Waals surface area contributed by atoms with Gasteiger partial charge in [0.15, 0.2) is 0 Å². The molecule has 78 valence electrons. The zero-order valence-electron chi connectivity index (χ0n) is 9.21. The molecule has 0 saturated carbocycles. The lowest BCUT2D eigenvalue weighted by Crippen LogP contribution is -2.09. The van der Waals surface area contributed by atoms with Gasteiger partial charge in [0.25, 0.3) is 0 Å². The number of hydrogen-bond acceptors (Lipinski definition) is 1. The van der Waals surface area contributed by atoms with Crippen molar-refractivity contribution in [1.29, 1.82) is 0 Å². The average Bonchev–Trinajstić information content (AvgIpc) is 2.19. The van der Waals surface area contributed by atoms with Crippen LogP contribution in [0.2, 0.25) is 0 Å². The van der Waals surface area contributed by atoms with Crippen molar-refractivity contribution in [3.05, 3.63) is 39.5 Å². The molecule has 0 unspecified atom stereocenters. The van der Waals surface area contributed by atoms with E-state index in [-0.39, 0.29) is 0 Å². The van der Waals surface area contributed by atoms with Gasteiger partial charge in [-0.05, 0) is 52.6 Å². The number of halogens is 1. The van der Waals surface area contributed by atoms with E-state index in [1.165, 1.54) is 25.6 Å². The van der Waals surface area contributed by atoms with Gasteiger partial charge in [0.05, 0.1) is 0 Å². The van der Waals surface area contributed by atoms with Gasteiger partial charge in [0.1, 0.15) is 0 Å². The second-order valence-corrected chi connectivity index (χ2v) is 5.12. The van der Waals surface area contributed by atoms with Crippen molar-refractivity contribution in [3.63, 3.8) is 0 Å². The highest BCUT2D eigenvalue weighted by Gasteiger charge is 2.07. The van der Waals surface area contributed by atoms with Crippen LogP contribution in [0.25, 0.3) is 10.8 Å². The maximum Gasteiger partial charge on any atom is 0.0444 e. The Morgan fingerprint density at radius 2 is 1.80 bits per heavy atom. The highest BCUT2D eigenvalue weighted by molar-refractivity contribution is 14.1. The molecule has 2 heteroatoms. The SMILES string of the molecule is Cc1cccc2c(I)ccc(N(C)C)c12. The average molecular weight is 311 g/mol. The molecule has 0 amide bonds. The maximum atomic E-state index is 2.40. The lowest BCUT2D eigenvalue weighted by Gasteiger charge is -2.17. The Bertz CT molecular complexity index is 503. The number of hydrogen-bond donors (Lipinski definition) is 0. The normalized spacial score (nSPS) is 10.7. The molecule has 0 aliphatic rings. The number of rotatable bonds is 1. The summed E-state index contributed by atoms with van der Waals surface area (Å²) in [6.07, 6.45) is 0. The van der Waals surface area contributed by atoms with Crippen LogP contribution in [0.15, 0.2) is 30.3 Å². The maximum absolute atomic E-state index is 2.40. The van der Waals surface area contributed by atoms with Gasteiger partial charge in [-0.25, -0.2) is 0 Å². The predicted molar refractivity (Wildman–Crippen MR) is 75.7 cm³/mol. The van der Waals surface area contributed by atoms with E-state index in [9.17, 15) is 0 Å². The summed E-state index contributed by atoms with van der Waals surface area (Å²) < 4.78 is 1.32. The highest BCUT2D eigenvalue weighted by atomic mass is 127. The van der Waals surface area contributed by atoms with Gasteiger partial charge in [-0.3, -0.25) is 0 Å². The van der Waals surface area contributed by atoms with Crippen LogP contribution in [0.1, 0.15) is 5.56 Å². The number of fused-ring (bicyclic) bond motifs is 1. The van der Waals surface area contributed by atoms with E-state index in [1.54, 1.807) is 0 Å². The summed E-state index contributed by atoms with van der Waals surface area (Å²) in [6, 6.07) is 10.9. The molecule has 0 saturated heterocycles. The molecule has 0 radical (unpaired) electrons. The first kappa shape index (κ1) is 10.7. The molecule has 15 heavy (non-hydrogen) atoms. The molecule has 0 aromatic heterocycles. The van der Waals surface area contributed by atoms with Crippen molar-refractivity contribution in [3.8, 4) is 0 Å². The van der Waals surface area contributed by atoms with Crippen LogP contribution in [0, 0.1) is 10.5 Å². The standard InChI is InChI=1S/C13H14IN/c1-9-5-4-6-10-11(14)7-8-12(13(9)10)15(2)3/h4-8H,1-3H3. The van der Waals surface area contributed by atoms with E-state index in [0.717, 1.165) is 0 Å². The van der Waals surface area contributed by atoms with Crippen LogP contribution in [0.5, 0.6) is 0 Å². The van der Waals surface area contributed by atoms with Crippen molar-refractivity contribution in [2.24, 2.45) is 0 Å². The van der Waals surface area contributed by atoms with Crippen molar-refractivity contribution in [2.75, 3.05) is 19.0 Å². The third kappa shape index (κ3) is 1.83. The molecule has 0 atom stereocenters. The predicted octanol–water partition coefficient (Wildman–Crippen LogP) is 3.82. The molecule has 2 aromatic rings. The monoisotopic (exact) mass is 311 g/mol. The first-order chi connectivity index (χ1) is 7.11. The van der Waals surface area contributed by atoms with Gasteiger partial charge < -0.3 is 4.90 Å². The Labute approximate surface area is 104 Å². The summed E-state index contributed by atoms with van der Waals surface area (Å²) in [5.74, 6) is 0. The smallest absolute Gasteiger partial charge is 0.0444 e. The fraction of sp³-hybridized carbons (Fsp3) is 0.231. The molecule has 0 bridgehead atoms. The largest absolute Gasteiger partial charge is 0.377 e. The highest BCUT2D eigenvalue weighted by Crippen LogP contribution is 2.31. The first-order valence-corrected chi connectivity index (χ1v) is 6.04. The van der Waals surface area contributed by atoms with Crippen molar-refractivity contribution in [2.45, 2.75) is 6.92 Å². The lowest BCUT2D eigenvalue weighted by molar-refractivity contribution is 1.14. The molecule has 0 aliphatic heterocycles. The fourth-order valence-corrected chi connectivity index (χ4v) is 2.53. The number of aryl methyl sites for hydroxylation is 1. The quantitative estimate of drug-likeness (QED) is 0.724. The van der Waals surface area contributed by atoms with Gasteiger partial charge in [-0.1, -0.05) is 18.2 Å². The van der Waals surface area contributed by atoms with E-state index < -0.39 is 0 Å². The summed E-state index contributed by atoms with van der Waals surface area (Å²) in [6.45, 7) is 2.17. The number of benzene rings is 2. The topological polar surface area (TPSA) is 3.24 Å². The Kier molecular flexibility index (Phi) is 2.87. The molecule has 2 rings (SSSR count). The Hall–Kier alpha value is -0.770. The number of anilines is 1. The van der Waals surface area contributed by atoms with Crippen LogP contribution in [-0.2, 0) is 0 Å². The van der Waals surface area contributed by atoms with Gasteiger partial charge in [0.2, 0.25) is 0 Å². The zero-order valence-corrected chi connectivity index (χ0v) is 11.4. The van der Waals surface area contributed by atoms with Crippen molar-refractivity contribution >= 4 is 39.1 Å². The van der Waals surface area contributed by atoms with E-state index >= 15 is 0 Å². The minimum absolute atomic E-state index is 1.29. The lowest BCUT2D eigenvalue weighted by atomic mass is 10.0. The molecular formula is C13H14IN. The molecule has 0 heterocycles. The third-order valence-corrected chi connectivity index (χ3v) is 3.60. The summed E-state index contributed by atoms with van der Waals surface area (Å²) in [4.78, 5) is 2.17.